The molecule has 2 heterocycles. The van der Waals surface area contributed by atoms with Gasteiger partial charge >= 0.3 is 6.16 Å². The second kappa shape index (κ2) is 6.79. The smallest absolute Gasteiger partial charge is 0.432 e. The summed E-state index contributed by atoms with van der Waals surface area (Å²) < 4.78 is 12.0. The Hall–Kier alpha value is -2.88. The lowest BCUT2D eigenvalue weighted by Gasteiger charge is -2.18. The summed E-state index contributed by atoms with van der Waals surface area (Å²) in [4.78, 5) is 34.4. The monoisotopic (exact) mass is 363 g/mol. The lowest BCUT2D eigenvalue weighted by atomic mass is 10.0. The molecule has 0 unspecified atom stereocenters. The molecule has 2 aromatic rings. The topological polar surface area (TPSA) is 145 Å². The number of anilines is 1. The number of aromatic nitrogens is 4. The molecular formula is C16H21N5O5. The molecule has 0 radical (unpaired) electrons. The summed E-state index contributed by atoms with van der Waals surface area (Å²) in [6.45, 7) is 7.22. The number of aliphatic hydroxyl groups excluding tert-OH is 1. The van der Waals surface area contributed by atoms with Crippen LogP contribution in [0, 0.1) is 5.92 Å². The number of aromatic amines is 1. The predicted octanol–water partition coefficient (Wildman–Crippen LogP) is 0.741. The number of hydrogen-bond donors (Lipinski definition) is 3. The molecular weight excluding hydrogens is 342 g/mol. The Morgan fingerprint density at radius 3 is 2.96 bits per heavy atom. The fourth-order valence-corrected chi connectivity index (χ4v) is 3.19. The number of aliphatic hydroxyl groups is 1. The number of nitrogens with zero attached hydrogens (tertiary/aromatic N) is 3. The Balaban J connectivity index is 1.91. The van der Waals surface area contributed by atoms with E-state index < -0.39 is 23.7 Å². The van der Waals surface area contributed by atoms with Crippen molar-refractivity contribution in [2.45, 2.75) is 38.5 Å². The molecule has 26 heavy (non-hydrogen) atoms. The van der Waals surface area contributed by atoms with Gasteiger partial charge in [-0.15, -0.1) is 0 Å². The summed E-state index contributed by atoms with van der Waals surface area (Å²) in [5.74, 6) is -0.489. The van der Waals surface area contributed by atoms with Gasteiger partial charge in [-0.3, -0.25) is 9.78 Å². The van der Waals surface area contributed by atoms with Crippen LogP contribution in [0.3, 0.4) is 0 Å². The van der Waals surface area contributed by atoms with Crippen molar-refractivity contribution in [2.24, 2.45) is 5.92 Å². The minimum atomic E-state index is -0.800. The van der Waals surface area contributed by atoms with Gasteiger partial charge in [0.15, 0.2) is 11.2 Å². The maximum atomic E-state index is 11.9. The van der Waals surface area contributed by atoms with Crippen molar-refractivity contribution in [2.75, 3.05) is 12.3 Å². The van der Waals surface area contributed by atoms with E-state index in [4.69, 9.17) is 15.2 Å². The Kier molecular flexibility index (Phi) is 4.68. The van der Waals surface area contributed by atoms with Crippen molar-refractivity contribution in [1.82, 2.24) is 19.5 Å². The first kappa shape index (κ1) is 17.9. The van der Waals surface area contributed by atoms with Crippen LogP contribution < -0.4 is 11.3 Å². The fourth-order valence-electron chi connectivity index (χ4n) is 3.19. The van der Waals surface area contributed by atoms with E-state index in [9.17, 15) is 14.7 Å². The number of fused-ring (bicyclic) bond motifs is 1. The molecule has 2 aromatic heterocycles. The first-order valence-corrected chi connectivity index (χ1v) is 8.21. The normalized spacial score (nSPS) is 22.9. The molecule has 0 saturated heterocycles. The lowest BCUT2D eigenvalue weighted by Crippen LogP contribution is -2.26. The van der Waals surface area contributed by atoms with Crippen LogP contribution in [0.15, 0.2) is 23.3 Å². The van der Waals surface area contributed by atoms with Gasteiger partial charge in [0, 0.05) is 12.3 Å². The van der Waals surface area contributed by atoms with E-state index in [0.717, 1.165) is 0 Å². The van der Waals surface area contributed by atoms with Gasteiger partial charge in [-0.1, -0.05) is 6.58 Å². The highest BCUT2D eigenvalue weighted by Gasteiger charge is 2.41. The molecule has 4 N–H and O–H groups in total. The van der Waals surface area contributed by atoms with E-state index in [1.807, 2.05) is 0 Å². The Labute approximate surface area is 148 Å². The van der Waals surface area contributed by atoms with Crippen molar-refractivity contribution in [1.29, 1.82) is 0 Å². The number of carbonyl (C=O) groups is 1. The number of rotatable bonds is 4. The zero-order valence-electron chi connectivity index (χ0n) is 14.5. The summed E-state index contributed by atoms with van der Waals surface area (Å²) in [6, 6.07) is -0.359. The van der Waals surface area contributed by atoms with Gasteiger partial charge in [-0.05, 0) is 19.4 Å². The average molecular weight is 363 g/mol. The van der Waals surface area contributed by atoms with Crippen LogP contribution in [0.5, 0.6) is 0 Å². The molecule has 0 amide bonds. The summed E-state index contributed by atoms with van der Waals surface area (Å²) in [7, 11) is 0. The number of nitrogens with one attached hydrogen (secondary N) is 1. The Morgan fingerprint density at radius 1 is 1.58 bits per heavy atom. The van der Waals surface area contributed by atoms with Gasteiger partial charge in [0.2, 0.25) is 5.95 Å². The zero-order chi connectivity index (χ0) is 19.0. The highest BCUT2D eigenvalue weighted by atomic mass is 16.7. The van der Waals surface area contributed by atoms with Crippen LogP contribution in [0.25, 0.3) is 11.2 Å². The number of nitrogen functional groups attached to an aromatic ring is 1. The number of ether oxygens (including phenoxy) is 2. The Morgan fingerprint density at radius 2 is 2.31 bits per heavy atom. The van der Waals surface area contributed by atoms with Crippen LogP contribution in [-0.4, -0.2) is 49.6 Å². The summed E-state index contributed by atoms with van der Waals surface area (Å²) >= 11 is 0. The number of H-pyrrole nitrogens is 1. The van der Waals surface area contributed by atoms with E-state index in [2.05, 4.69) is 21.5 Å². The average Bonchev–Trinajstić information content (AvgIpc) is 3.07. The zero-order valence-corrected chi connectivity index (χ0v) is 14.5. The van der Waals surface area contributed by atoms with E-state index in [0.29, 0.717) is 17.6 Å². The van der Waals surface area contributed by atoms with E-state index in [1.165, 1.54) is 6.33 Å². The minimum Gasteiger partial charge on any atom is -0.432 e. The maximum Gasteiger partial charge on any atom is 0.508 e. The highest BCUT2D eigenvalue weighted by molar-refractivity contribution is 5.71. The maximum absolute atomic E-state index is 11.9. The van der Waals surface area contributed by atoms with Crippen LogP contribution in [0.4, 0.5) is 10.7 Å². The first-order valence-electron chi connectivity index (χ1n) is 8.21. The molecule has 1 saturated carbocycles. The molecule has 3 rings (SSSR count). The summed E-state index contributed by atoms with van der Waals surface area (Å²) in [5, 5.41) is 9.71. The molecule has 140 valence electrons. The SMILES string of the molecule is C=C1[C@H](CO)[C@@H](OC(=O)OC(C)C)C[C@@H]1n1cnc2c(=O)[nH]c(N)nc21. The predicted molar refractivity (Wildman–Crippen MR) is 92.4 cm³/mol. The van der Waals surface area contributed by atoms with Gasteiger partial charge in [0.25, 0.3) is 5.56 Å². The van der Waals surface area contributed by atoms with Crippen LogP contribution in [-0.2, 0) is 9.47 Å². The van der Waals surface area contributed by atoms with Crippen molar-refractivity contribution < 1.29 is 19.4 Å². The van der Waals surface area contributed by atoms with E-state index in [-0.39, 0.29) is 30.2 Å². The van der Waals surface area contributed by atoms with Gasteiger partial charge in [-0.2, -0.15) is 4.98 Å². The molecule has 10 nitrogen and oxygen atoms in total. The van der Waals surface area contributed by atoms with Crippen molar-refractivity contribution in [3.63, 3.8) is 0 Å². The molecule has 0 aliphatic heterocycles. The molecule has 3 atom stereocenters. The van der Waals surface area contributed by atoms with Crippen molar-refractivity contribution >= 4 is 23.3 Å². The fraction of sp³-hybridized carbons (Fsp3) is 0.500. The molecule has 1 fully saturated rings. The van der Waals surface area contributed by atoms with E-state index >= 15 is 0 Å². The number of carbonyl (C=O) groups excluding carboxylic acids is 1. The van der Waals surface area contributed by atoms with Crippen molar-refractivity contribution in [3.05, 3.63) is 28.8 Å². The number of nitrogens with two attached hydrogens (primary N) is 1. The van der Waals surface area contributed by atoms with Gasteiger partial charge < -0.3 is 24.9 Å². The molecule has 0 aromatic carbocycles. The van der Waals surface area contributed by atoms with Crippen LogP contribution >= 0.6 is 0 Å². The third-order valence-electron chi connectivity index (χ3n) is 4.37. The first-order chi connectivity index (χ1) is 12.3. The van der Waals surface area contributed by atoms with E-state index in [1.54, 1.807) is 18.4 Å². The second-order valence-corrected chi connectivity index (χ2v) is 6.46. The largest absolute Gasteiger partial charge is 0.508 e. The van der Waals surface area contributed by atoms with Gasteiger partial charge in [0.1, 0.15) is 6.10 Å². The third-order valence-corrected chi connectivity index (χ3v) is 4.37. The lowest BCUT2D eigenvalue weighted by molar-refractivity contribution is -0.00850. The number of hydrogen-bond acceptors (Lipinski definition) is 8. The molecule has 0 spiro atoms. The van der Waals surface area contributed by atoms with Crippen molar-refractivity contribution in [3.8, 4) is 0 Å². The Bertz CT molecular complexity index is 902. The number of imidazole rings is 1. The minimum absolute atomic E-state index is 0.0279. The highest BCUT2D eigenvalue weighted by Crippen LogP contribution is 2.41. The third kappa shape index (κ3) is 3.15. The quantitative estimate of drug-likeness (QED) is 0.533. The summed E-state index contributed by atoms with van der Waals surface area (Å²) in [6.07, 6.45) is 0.0847. The van der Waals surface area contributed by atoms with Gasteiger partial charge in [-0.25, -0.2) is 9.78 Å². The van der Waals surface area contributed by atoms with Crippen LogP contribution in [0.1, 0.15) is 26.3 Å². The van der Waals surface area contributed by atoms with Crippen LogP contribution in [0.2, 0.25) is 0 Å². The molecule has 0 bridgehead atoms. The summed E-state index contributed by atoms with van der Waals surface area (Å²) in [5.41, 5.74) is 6.28. The second-order valence-electron chi connectivity index (χ2n) is 6.46. The standard InChI is InChI=1S/C16H21N5O5/c1-7(2)25-16(24)26-11-4-10(8(3)9(11)5-22)21-6-18-12-13(21)19-15(17)20-14(12)23/h6-7,9-11,22H,3-5H2,1-2H3,(H3,17,19,20,23)/t9-,10-,11-/m0/s1. The molecule has 1 aliphatic rings. The molecule has 1 aliphatic carbocycles. The molecule has 10 heteroatoms. The van der Waals surface area contributed by atoms with Gasteiger partial charge in [0.05, 0.1) is 25.1 Å².